The van der Waals surface area contributed by atoms with E-state index < -0.39 is 0 Å². The quantitative estimate of drug-likeness (QED) is 0.365. The van der Waals surface area contributed by atoms with Crippen molar-refractivity contribution in [1.29, 1.82) is 0 Å². The second kappa shape index (κ2) is 11.5. The summed E-state index contributed by atoms with van der Waals surface area (Å²) >= 11 is 6.49. The molecule has 1 unspecified atom stereocenters. The lowest BCUT2D eigenvalue weighted by atomic mass is 10.1. The average molecular weight is 341 g/mol. The zero-order valence-electron chi connectivity index (χ0n) is 13.2. The van der Waals surface area contributed by atoms with Crippen molar-refractivity contribution >= 4 is 34.3 Å². The van der Waals surface area contributed by atoms with Crippen molar-refractivity contribution in [3.8, 4) is 0 Å². The van der Waals surface area contributed by atoms with Gasteiger partial charge in [0.25, 0.3) is 0 Å². The van der Waals surface area contributed by atoms with Gasteiger partial charge >= 0.3 is 5.97 Å². The number of hydrogen-bond acceptors (Lipinski definition) is 5. The average Bonchev–Trinajstić information content (AvgIpc) is 2.54. The number of thiocarbonyl (C=S) groups is 1. The molecule has 0 aliphatic carbocycles. The maximum Gasteiger partial charge on any atom is 0.338 e. The molecule has 0 heterocycles. The molecule has 1 aromatic carbocycles. The van der Waals surface area contributed by atoms with Crippen LogP contribution in [0.5, 0.6) is 0 Å². The molecule has 122 valence electrons. The summed E-state index contributed by atoms with van der Waals surface area (Å²) in [6.07, 6.45) is 7.28. The number of rotatable bonds is 9. The number of ether oxygens (including phenoxy) is 2. The summed E-state index contributed by atoms with van der Waals surface area (Å²) in [6.45, 7) is 2.53. The van der Waals surface area contributed by atoms with Gasteiger partial charge in [-0.1, -0.05) is 42.8 Å². The maximum absolute atomic E-state index is 11.7. The fraction of sp³-hybridized carbons (Fsp3) is 0.529. The van der Waals surface area contributed by atoms with Crippen LogP contribution in [0.25, 0.3) is 0 Å². The monoisotopic (exact) mass is 340 g/mol. The van der Waals surface area contributed by atoms with E-state index in [1.807, 2.05) is 31.4 Å². The van der Waals surface area contributed by atoms with E-state index >= 15 is 0 Å². The first kappa shape index (κ1) is 19.0. The van der Waals surface area contributed by atoms with E-state index in [4.69, 9.17) is 21.7 Å². The Labute approximate surface area is 142 Å². The molecule has 0 aliphatic rings. The van der Waals surface area contributed by atoms with Crippen LogP contribution in [0, 0.1) is 0 Å². The Morgan fingerprint density at radius 1 is 1.18 bits per heavy atom. The Bertz CT molecular complexity index is 448. The van der Waals surface area contributed by atoms with E-state index in [9.17, 15) is 4.79 Å². The van der Waals surface area contributed by atoms with Crippen LogP contribution in [0.2, 0.25) is 0 Å². The molecule has 0 spiro atoms. The molecular formula is C17H24O3S2. The van der Waals surface area contributed by atoms with E-state index in [-0.39, 0.29) is 12.1 Å². The molecular weight excluding hydrogens is 316 g/mol. The van der Waals surface area contributed by atoms with Crippen molar-refractivity contribution in [3.05, 3.63) is 35.9 Å². The van der Waals surface area contributed by atoms with Crippen molar-refractivity contribution in [2.75, 3.05) is 12.9 Å². The SMILES string of the molecule is CSC(=S)OC(C)CCCCCCOC(=O)c1ccccc1. The third-order valence-electron chi connectivity index (χ3n) is 3.21. The van der Waals surface area contributed by atoms with Crippen molar-refractivity contribution in [2.45, 2.75) is 45.1 Å². The van der Waals surface area contributed by atoms with Gasteiger partial charge < -0.3 is 9.47 Å². The number of carbonyl (C=O) groups is 1. The zero-order chi connectivity index (χ0) is 16.2. The zero-order valence-corrected chi connectivity index (χ0v) is 14.9. The normalized spacial score (nSPS) is 11.7. The van der Waals surface area contributed by atoms with Gasteiger partial charge in [0.1, 0.15) is 0 Å². The number of hydrogen-bond donors (Lipinski definition) is 0. The molecule has 0 bridgehead atoms. The molecule has 0 amide bonds. The van der Waals surface area contributed by atoms with Crippen LogP contribution in [0.1, 0.15) is 49.4 Å². The fourth-order valence-electron chi connectivity index (χ4n) is 1.98. The molecule has 0 aliphatic heterocycles. The second-order valence-electron chi connectivity index (χ2n) is 5.09. The Kier molecular flexibility index (Phi) is 9.91. The van der Waals surface area contributed by atoms with Crippen molar-refractivity contribution < 1.29 is 14.3 Å². The largest absolute Gasteiger partial charge is 0.476 e. The number of carbonyl (C=O) groups excluding carboxylic acids is 1. The molecule has 0 aromatic heterocycles. The minimum Gasteiger partial charge on any atom is -0.476 e. The van der Waals surface area contributed by atoms with Gasteiger partial charge in [0, 0.05) is 0 Å². The summed E-state index contributed by atoms with van der Waals surface area (Å²) in [5.41, 5.74) is 0.609. The van der Waals surface area contributed by atoms with Gasteiger partial charge in [-0.3, -0.25) is 0 Å². The maximum atomic E-state index is 11.7. The van der Waals surface area contributed by atoms with E-state index in [1.165, 1.54) is 11.8 Å². The molecule has 1 atom stereocenters. The lowest BCUT2D eigenvalue weighted by Gasteiger charge is -2.13. The van der Waals surface area contributed by atoms with Gasteiger partial charge in [0.15, 0.2) is 0 Å². The Morgan fingerprint density at radius 2 is 1.86 bits per heavy atom. The molecule has 22 heavy (non-hydrogen) atoms. The van der Waals surface area contributed by atoms with Gasteiger partial charge in [0.2, 0.25) is 4.38 Å². The Balaban J connectivity index is 2.00. The van der Waals surface area contributed by atoms with Crippen LogP contribution in [-0.4, -0.2) is 29.3 Å². The van der Waals surface area contributed by atoms with Crippen LogP contribution in [0.3, 0.4) is 0 Å². The number of esters is 1. The van der Waals surface area contributed by atoms with Gasteiger partial charge in [-0.05, 0) is 56.8 Å². The Hall–Kier alpha value is -1.07. The van der Waals surface area contributed by atoms with E-state index in [2.05, 4.69) is 0 Å². The molecule has 1 aromatic rings. The topological polar surface area (TPSA) is 35.5 Å². The first-order chi connectivity index (χ1) is 10.6. The minimum absolute atomic E-state index is 0.177. The standard InChI is InChI=1S/C17H24O3S2/c1-14(20-17(21)22-2)10-6-3-4-9-13-19-16(18)15-11-7-5-8-12-15/h5,7-8,11-12,14H,3-4,6,9-10,13H2,1-2H3. The molecule has 0 N–H and O–H groups in total. The third-order valence-corrected chi connectivity index (χ3v) is 4.24. The predicted octanol–water partition coefficient (Wildman–Crippen LogP) is 4.85. The number of unbranched alkanes of at least 4 members (excludes halogenated alkanes) is 3. The highest BCUT2D eigenvalue weighted by atomic mass is 32.2. The van der Waals surface area contributed by atoms with Crippen LogP contribution in [-0.2, 0) is 9.47 Å². The highest BCUT2D eigenvalue weighted by molar-refractivity contribution is 8.22. The second-order valence-corrected chi connectivity index (χ2v) is 6.50. The lowest BCUT2D eigenvalue weighted by molar-refractivity contribution is 0.0497. The number of thioether (sulfide) groups is 1. The summed E-state index contributed by atoms with van der Waals surface area (Å²) < 4.78 is 11.4. The summed E-state index contributed by atoms with van der Waals surface area (Å²) in [5, 5.41) is 0. The molecule has 1 rings (SSSR count). The van der Waals surface area contributed by atoms with Crippen molar-refractivity contribution in [3.63, 3.8) is 0 Å². The van der Waals surface area contributed by atoms with Gasteiger partial charge in [0.05, 0.1) is 18.3 Å². The summed E-state index contributed by atoms with van der Waals surface area (Å²) in [7, 11) is 0. The number of benzene rings is 1. The first-order valence-electron chi connectivity index (χ1n) is 7.60. The van der Waals surface area contributed by atoms with E-state index in [1.54, 1.807) is 12.1 Å². The minimum atomic E-state index is -0.242. The lowest BCUT2D eigenvalue weighted by Crippen LogP contribution is -2.10. The van der Waals surface area contributed by atoms with Gasteiger partial charge in [-0.15, -0.1) is 0 Å². The summed E-state index contributed by atoms with van der Waals surface area (Å²) in [4.78, 5) is 11.7. The van der Waals surface area contributed by atoms with Crippen LogP contribution in [0.4, 0.5) is 0 Å². The van der Waals surface area contributed by atoms with Crippen molar-refractivity contribution in [1.82, 2.24) is 0 Å². The Morgan fingerprint density at radius 3 is 2.55 bits per heavy atom. The highest BCUT2D eigenvalue weighted by Gasteiger charge is 2.06. The molecule has 5 heteroatoms. The fourth-order valence-corrected chi connectivity index (χ4v) is 2.41. The third kappa shape index (κ3) is 8.39. The van der Waals surface area contributed by atoms with Gasteiger partial charge in [-0.25, -0.2) is 4.79 Å². The predicted molar refractivity (Wildman–Crippen MR) is 96.5 cm³/mol. The molecule has 0 saturated carbocycles. The van der Waals surface area contributed by atoms with Crippen LogP contribution in [0.15, 0.2) is 30.3 Å². The first-order valence-corrected chi connectivity index (χ1v) is 9.23. The molecule has 3 nitrogen and oxygen atoms in total. The molecule has 0 saturated heterocycles. The summed E-state index contributed by atoms with van der Waals surface area (Å²) in [6, 6.07) is 9.09. The van der Waals surface area contributed by atoms with Crippen LogP contribution < -0.4 is 0 Å². The highest BCUT2D eigenvalue weighted by Crippen LogP contribution is 2.11. The molecule has 0 fully saturated rings. The summed E-state index contributed by atoms with van der Waals surface area (Å²) in [5.74, 6) is -0.242. The van der Waals surface area contributed by atoms with E-state index in [0.29, 0.717) is 16.6 Å². The molecule has 0 radical (unpaired) electrons. The van der Waals surface area contributed by atoms with Crippen LogP contribution >= 0.6 is 24.0 Å². The van der Waals surface area contributed by atoms with Gasteiger partial charge in [-0.2, -0.15) is 0 Å². The smallest absolute Gasteiger partial charge is 0.338 e. The van der Waals surface area contributed by atoms with Crippen molar-refractivity contribution in [2.24, 2.45) is 0 Å². The van der Waals surface area contributed by atoms with E-state index in [0.717, 1.165) is 32.1 Å².